The molecule has 0 atom stereocenters. The quantitative estimate of drug-likeness (QED) is 0.719. The molecule has 5 heteroatoms. The molecule has 0 aliphatic carbocycles. The highest BCUT2D eigenvalue weighted by Gasteiger charge is 2.34. The molecule has 1 aromatic rings. The van der Waals surface area contributed by atoms with Crippen molar-refractivity contribution >= 4 is 6.29 Å². The van der Waals surface area contributed by atoms with E-state index >= 15 is 0 Å². The Morgan fingerprint density at radius 3 is 2.62 bits per heavy atom. The molecule has 2 rings (SSSR count). The summed E-state index contributed by atoms with van der Waals surface area (Å²) in [6, 6.07) is 2.39. The van der Waals surface area contributed by atoms with E-state index < -0.39 is 17.0 Å². The van der Waals surface area contributed by atoms with Gasteiger partial charge in [0.05, 0.1) is 0 Å². The molecule has 1 aliphatic rings. The van der Waals surface area contributed by atoms with Gasteiger partial charge in [0, 0.05) is 25.5 Å². The van der Waals surface area contributed by atoms with E-state index in [2.05, 4.69) is 0 Å². The number of hydrogen-bond acceptors (Lipinski definition) is 5. The number of aldehydes is 1. The smallest absolute Gasteiger partial charge is 0.246 e. The van der Waals surface area contributed by atoms with Crippen LogP contribution >= 0.6 is 0 Å². The summed E-state index contributed by atoms with van der Waals surface area (Å²) in [5, 5.41) is 9.60. The second-order valence-electron chi connectivity index (χ2n) is 3.92. The van der Waals surface area contributed by atoms with Gasteiger partial charge in [-0.1, -0.05) is 0 Å². The minimum Gasteiger partial charge on any atom is -0.501 e. The number of ether oxygens (including phenoxy) is 2. The van der Waals surface area contributed by atoms with Gasteiger partial charge in [-0.2, -0.15) is 0 Å². The minimum absolute atomic E-state index is 0.0249. The third-order valence-corrected chi connectivity index (χ3v) is 2.11. The van der Waals surface area contributed by atoms with Gasteiger partial charge in [-0.15, -0.1) is 0 Å². The molecule has 1 aliphatic heterocycles. The molecule has 0 spiro atoms. The molecule has 0 amide bonds. The highest BCUT2D eigenvalue weighted by Crippen LogP contribution is 2.43. The lowest BCUT2D eigenvalue weighted by Crippen LogP contribution is -2.30. The molecule has 0 bridgehead atoms. The Morgan fingerprint density at radius 2 is 2.00 bits per heavy atom. The van der Waals surface area contributed by atoms with Crippen LogP contribution in [-0.4, -0.2) is 17.2 Å². The third-order valence-electron chi connectivity index (χ3n) is 2.11. The molecule has 0 fully saturated rings. The highest BCUT2D eigenvalue weighted by atomic mass is 16.7. The lowest BCUT2D eigenvalue weighted by molar-refractivity contribution is -0.0441. The van der Waals surface area contributed by atoms with Gasteiger partial charge < -0.3 is 14.6 Å². The topological polar surface area (TPSA) is 72.8 Å². The van der Waals surface area contributed by atoms with E-state index in [-0.39, 0.29) is 17.1 Å². The van der Waals surface area contributed by atoms with Gasteiger partial charge in [0.1, 0.15) is 6.29 Å². The fourth-order valence-electron chi connectivity index (χ4n) is 1.48. The Balaban J connectivity index is 2.73. The van der Waals surface area contributed by atoms with Crippen molar-refractivity contribution in [1.82, 2.24) is 0 Å². The van der Waals surface area contributed by atoms with Gasteiger partial charge in [0.15, 0.2) is 5.75 Å². The summed E-state index contributed by atoms with van der Waals surface area (Å²) in [5.41, 5.74) is -0.549. The number of carbonyl (C=O) groups is 1. The van der Waals surface area contributed by atoms with Crippen LogP contribution in [0, 0.1) is 0 Å². The maximum Gasteiger partial charge on any atom is 0.246 e. The van der Waals surface area contributed by atoms with E-state index in [1.807, 2.05) is 0 Å². The summed E-state index contributed by atoms with van der Waals surface area (Å²) < 4.78 is 10.6. The maximum absolute atomic E-state index is 11.4. The molecule has 84 valence electrons. The molecular formula is C11H10O5. The van der Waals surface area contributed by atoms with Crippen molar-refractivity contribution in [3.63, 3.8) is 0 Å². The van der Waals surface area contributed by atoms with E-state index in [1.54, 1.807) is 13.8 Å². The molecule has 1 heterocycles. The summed E-state index contributed by atoms with van der Waals surface area (Å²) in [4.78, 5) is 22.1. The molecule has 0 radical (unpaired) electrons. The molecule has 0 unspecified atom stereocenters. The standard InChI is InChI=1S/C11H10O5/c1-11(2)15-8-4-6(5-12)3-7(13)9(14)10(8)16-11/h3-5H,1-2H3,(H,13,14). The van der Waals surface area contributed by atoms with Crippen molar-refractivity contribution in [1.29, 1.82) is 0 Å². The summed E-state index contributed by atoms with van der Waals surface area (Å²) in [5.74, 6) is -1.34. The zero-order valence-corrected chi connectivity index (χ0v) is 8.81. The molecule has 0 aromatic heterocycles. The Kier molecular flexibility index (Phi) is 2.11. The lowest BCUT2D eigenvalue weighted by Gasteiger charge is -2.16. The minimum atomic E-state index is -0.958. The number of fused-ring (bicyclic) bond motifs is 1. The van der Waals surface area contributed by atoms with Crippen molar-refractivity contribution < 1.29 is 19.4 Å². The number of rotatable bonds is 1. The van der Waals surface area contributed by atoms with Gasteiger partial charge in [-0.3, -0.25) is 9.59 Å². The highest BCUT2D eigenvalue weighted by molar-refractivity contribution is 5.76. The van der Waals surface area contributed by atoms with E-state index in [1.165, 1.54) is 6.07 Å². The fraction of sp³-hybridized carbons (Fsp3) is 0.273. The first-order chi connectivity index (χ1) is 7.43. The number of carbonyl (C=O) groups excluding carboxylic acids is 1. The molecule has 1 N–H and O–H groups in total. The Bertz CT molecular complexity index is 519. The SMILES string of the molecule is CC1(C)Oc2cc(C=O)cc(=O)c(O)c2O1. The van der Waals surface area contributed by atoms with Gasteiger partial charge in [0.2, 0.25) is 22.7 Å². The summed E-state index contributed by atoms with van der Waals surface area (Å²) in [6.45, 7) is 3.27. The third kappa shape index (κ3) is 1.60. The largest absolute Gasteiger partial charge is 0.501 e. The molecule has 1 aromatic carbocycles. The molecular weight excluding hydrogens is 212 g/mol. The lowest BCUT2D eigenvalue weighted by atomic mass is 10.3. The predicted molar refractivity (Wildman–Crippen MR) is 55.1 cm³/mol. The molecule has 0 saturated heterocycles. The molecule has 0 saturated carbocycles. The van der Waals surface area contributed by atoms with E-state index in [0.29, 0.717) is 6.29 Å². The van der Waals surface area contributed by atoms with Crippen LogP contribution in [0.4, 0.5) is 0 Å². The summed E-state index contributed by atoms with van der Waals surface area (Å²) in [7, 11) is 0. The van der Waals surface area contributed by atoms with Crippen LogP contribution in [0.1, 0.15) is 24.2 Å². The first-order valence-electron chi connectivity index (χ1n) is 4.67. The maximum atomic E-state index is 11.4. The second kappa shape index (κ2) is 3.23. The van der Waals surface area contributed by atoms with Gasteiger partial charge in [0.25, 0.3) is 0 Å². The van der Waals surface area contributed by atoms with Crippen LogP contribution in [0.3, 0.4) is 0 Å². The van der Waals surface area contributed by atoms with E-state index in [0.717, 1.165) is 6.07 Å². The average Bonchev–Trinajstić information content (AvgIpc) is 2.46. The first-order valence-corrected chi connectivity index (χ1v) is 4.67. The van der Waals surface area contributed by atoms with E-state index in [9.17, 15) is 14.7 Å². The van der Waals surface area contributed by atoms with Crippen molar-refractivity contribution in [2.75, 3.05) is 0 Å². The van der Waals surface area contributed by atoms with Crippen molar-refractivity contribution in [3.05, 3.63) is 27.9 Å². The Hall–Kier alpha value is -2.04. The van der Waals surface area contributed by atoms with Gasteiger partial charge >= 0.3 is 0 Å². The van der Waals surface area contributed by atoms with Crippen LogP contribution in [0.5, 0.6) is 17.2 Å². The van der Waals surface area contributed by atoms with Crippen LogP contribution in [0.2, 0.25) is 0 Å². The van der Waals surface area contributed by atoms with Gasteiger partial charge in [-0.25, -0.2) is 0 Å². The van der Waals surface area contributed by atoms with Crippen LogP contribution in [-0.2, 0) is 0 Å². The van der Waals surface area contributed by atoms with Crippen LogP contribution in [0.15, 0.2) is 16.9 Å². The second-order valence-corrected chi connectivity index (χ2v) is 3.92. The fourth-order valence-corrected chi connectivity index (χ4v) is 1.48. The number of hydrogen-bond donors (Lipinski definition) is 1. The Morgan fingerprint density at radius 1 is 1.31 bits per heavy atom. The zero-order valence-electron chi connectivity index (χ0n) is 8.81. The summed E-state index contributed by atoms with van der Waals surface area (Å²) >= 11 is 0. The first kappa shape index (κ1) is 10.5. The predicted octanol–water partition coefficient (Wildman–Crippen LogP) is 1.07. The molecule has 5 nitrogen and oxygen atoms in total. The number of aromatic hydroxyl groups is 1. The Labute approximate surface area is 91.2 Å². The molecule has 16 heavy (non-hydrogen) atoms. The summed E-state index contributed by atoms with van der Waals surface area (Å²) in [6.07, 6.45) is 0.510. The van der Waals surface area contributed by atoms with Gasteiger partial charge in [-0.05, 0) is 6.07 Å². The van der Waals surface area contributed by atoms with Crippen molar-refractivity contribution in [2.24, 2.45) is 0 Å². The normalized spacial score (nSPS) is 15.9. The van der Waals surface area contributed by atoms with Crippen LogP contribution < -0.4 is 14.9 Å². The monoisotopic (exact) mass is 222 g/mol. The van der Waals surface area contributed by atoms with Crippen LogP contribution in [0.25, 0.3) is 0 Å². The van der Waals surface area contributed by atoms with Crippen molar-refractivity contribution in [3.8, 4) is 17.2 Å². The zero-order chi connectivity index (χ0) is 11.9. The van der Waals surface area contributed by atoms with E-state index in [4.69, 9.17) is 9.47 Å². The average molecular weight is 222 g/mol. The van der Waals surface area contributed by atoms with Crippen molar-refractivity contribution in [2.45, 2.75) is 19.6 Å².